The van der Waals surface area contributed by atoms with Gasteiger partial charge in [0.1, 0.15) is 24.7 Å². The van der Waals surface area contributed by atoms with Crippen LogP contribution in [0.4, 0.5) is 0 Å². The number of nitrogens with zero attached hydrogens (tertiary/aromatic N) is 3. The van der Waals surface area contributed by atoms with E-state index in [1.54, 1.807) is 14.2 Å². The summed E-state index contributed by atoms with van der Waals surface area (Å²) in [4.78, 5) is 26.1. The van der Waals surface area contributed by atoms with Crippen molar-refractivity contribution in [3.63, 3.8) is 0 Å². The van der Waals surface area contributed by atoms with Crippen LogP contribution in [0.2, 0.25) is 0 Å². The molecule has 1 aromatic carbocycles. The van der Waals surface area contributed by atoms with Crippen molar-refractivity contribution < 1.29 is 23.7 Å². The van der Waals surface area contributed by atoms with Gasteiger partial charge in [-0.25, -0.2) is 4.98 Å². The van der Waals surface area contributed by atoms with Gasteiger partial charge in [0.05, 0.1) is 23.4 Å². The second kappa shape index (κ2) is 8.55. The third-order valence-electron chi connectivity index (χ3n) is 5.93. The van der Waals surface area contributed by atoms with Crippen molar-refractivity contribution in [3.05, 3.63) is 40.0 Å². The minimum Gasteiger partial charge on any atom is -0.486 e. The van der Waals surface area contributed by atoms with Crippen LogP contribution in [0.15, 0.2) is 18.2 Å². The SMILES string of the molecule is COCc1nc(OC)c2c(C)c(C(=O)N3CCCC3c3ccc4c(c3)OCCO4)sc2n1. The van der Waals surface area contributed by atoms with Gasteiger partial charge in [-0.1, -0.05) is 6.07 Å². The lowest BCUT2D eigenvalue weighted by Crippen LogP contribution is -2.30. The first-order valence-corrected chi connectivity index (χ1v) is 11.5. The maximum atomic E-state index is 13.7. The van der Waals surface area contributed by atoms with Gasteiger partial charge in [0, 0.05) is 13.7 Å². The number of likely N-dealkylation sites (tertiary alicyclic amines) is 1. The lowest BCUT2D eigenvalue weighted by atomic mass is 10.0. The minimum atomic E-state index is -0.0000270. The molecule has 32 heavy (non-hydrogen) atoms. The van der Waals surface area contributed by atoms with Gasteiger partial charge in [0.25, 0.3) is 5.91 Å². The summed E-state index contributed by atoms with van der Waals surface area (Å²) in [5, 5.41) is 0.788. The highest BCUT2D eigenvalue weighted by Crippen LogP contribution is 2.41. The Hall–Kier alpha value is -2.91. The Kier molecular flexibility index (Phi) is 5.60. The van der Waals surface area contributed by atoms with Gasteiger partial charge >= 0.3 is 0 Å². The molecule has 5 rings (SSSR count). The molecule has 9 heteroatoms. The van der Waals surface area contributed by atoms with Crippen LogP contribution in [0.5, 0.6) is 17.4 Å². The number of methoxy groups -OCH3 is 2. The number of aryl methyl sites for hydroxylation is 1. The molecule has 0 radical (unpaired) electrons. The molecule has 1 saturated heterocycles. The Morgan fingerprint density at radius 3 is 2.81 bits per heavy atom. The monoisotopic (exact) mass is 455 g/mol. The maximum Gasteiger partial charge on any atom is 0.264 e. The molecule has 2 aliphatic heterocycles. The van der Waals surface area contributed by atoms with E-state index >= 15 is 0 Å². The summed E-state index contributed by atoms with van der Waals surface area (Å²) in [5.74, 6) is 2.52. The topological polar surface area (TPSA) is 83.0 Å². The van der Waals surface area contributed by atoms with E-state index in [0.717, 1.165) is 45.7 Å². The van der Waals surface area contributed by atoms with Crippen LogP contribution in [0.25, 0.3) is 10.2 Å². The van der Waals surface area contributed by atoms with E-state index in [-0.39, 0.29) is 18.6 Å². The van der Waals surface area contributed by atoms with Crippen LogP contribution in [0.1, 0.15) is 45.5 Å². The van der Waals surface area contributed by atoms with E-state index < -0.39 is 0 Å². The summed E-state index contributed by atoms with van der Waals surface area (Å²) in [6.07, 6.45) is 1.87. The molecular formula is C23H25N3O5S. The normalized spacial score (nSPS) is 17.7. The van der Waals surface area contributed by atoms with Crippen LogP contribution in [-0.2, 0) is 11.3 Å². The van der Waals surface area contributed by atoms with E-state index in [4.69, 9.17) is 18.9 Å². The molecular weight excluding hydrogens is 430 g/mol. The zero-order valence-corrected chi connectivity index (χ0v) is 19.2. The van der Waals surface area contributed by atoms with E-state index in [1.165, 1.54) is 11.3 Å². The summed E-state index contributed by atoms with van der Waals surface area (Å²) >= 11 is 1.39. The number of hydrogen-bond donors (Lipinski definition) is 0. The van der Waals surface area contributed by atoms with Crippen LogP contribution >= 0.6 is 11.3 Å². The number of carbonyl (C=O) groups is 1. The van der Waals surface area contributed by atoms with Gasteiger partial charge in [0.2, 0.25) is 5.88 Å². The van der Waals surface area contributed by atoms with Crippen molar-refractivity contribution in [2.24, 2.45) is 0 Å². The zero-order chi connectivity index (χ0) is 22.2. The van der Waals surface area contributed by atoms with Gasteiger partial charge in [0.15, 0.2) is 17.3 Å². The average molecular weight is 456 g/mol. The van der Waals surface area contributed by atoms with Crippen molar-refractivity contribution >= 4 is 27.5 Å². The zero-order valence-electron chi connectivity index (χ0n) is 18.3. The highest BCUT2D eigenvalue weighted by atomic mass is 32.1. The Morgan fingerprint density at radius 1 is 1.22 bits per heavy atom. The lowest BCUT2D eigenvalue weighted by molar-refractivity contribution is 0.0739. The van der Waals surface area contributed by atoms with Gasteiger partial charge in [-0.2, -0.15) is 4.98 Å². The maximum absolute atomic E-state index is 13.7. The summed E-state index contributed by atoms with van der Waals surface area (Å²) in [6, 6.07) is 5.98. The summed E-state index contributed by atoms with van der Waals surface area (Å²) in [5.41, 5.74) is 1.92. The largest absolute Gasteiger partial charge is 0.486 e. The molecule has 3 aromatic rings. The number of thiophene rings is 1. The highest BCUT2D eigenvalue weighted by Gasteiger charge is 2.34. The van der Waals surface area contributed by atoms with E-state index in [0.29, 0.717) is 36.3 Å². The van der Waals surface area contributed by atoms with E-state index in [1.807, 2.05) is 30.0 Å². The molecule has 1 fully saturated rings. The van der Waals surface area contributed by atoms with Crippen LogP contribution in [0.3, 0.4) is 0 Å². The third-order valence-corrected chi connectivity index (χ3v) is 7.10. The van der Waals surface area contributed by atoms with Crippen molar-refractivity contribution in [1.29, 1.82) is 0 Å². The lowest BCUT2D eigenvalue weighted by Gasteiger charge is -2.26. The van der Waals surface area contributed by atoms with Gasteiger partial charge < -0.3 is 23.8 Å². The van der Waals surface area contributed by atoms with Gasteiger partial charge in [-0.05, 0) is 43.0 Å². The molecule has 0 spiro atoms. The number of carbonyl (C=O) groups excluding carboxylic acids is 1. The van der Waals surface area contributed by atoms with E-state index in [9.17, 15) is 4.79 Å². The van der Waals surface area contributed by atoms with Crippen molar-refractivity contribution in [2.75, 3.05) is 34.0 Å². The fourth-order valence-electron chi connectivity index (χ4n) is 4.44. The predicted molar refractivity (Wildman–Crippen MR) is 120 cm³/mol. The Morgan fingerprint density at radius 2 is 2.03 bits per heavy atom. The number of rotatable bonds is 5. The fraction of sp³-hybridized carbons (Fsp3) is 0.435. The Bertz CT molecular complexity index is 1180. The molecule has 8 nitrogen and oxygen atoms in total. The number of ether oxygens (including phenoxy) is 4. The summed E-state index contributed by atoms with van der Waals surface area (Å²) < 4.78 is 22.1. The van der Waals surface area contributed by atoms with Crippen LogP contribution in [0, 0.1) is 6.92 Å². The first kappa shape index (κ1) is 21.0. The molecule has 1 amide bonds. The molecule has 1 unspecified atom stereocenters. The minimum absolute atomic E-state index is 0.0000270. The molecule has 1 atom stereocenters. The van der Waals surface area contributed by atoms with Gasteiger partial charge in [-0.15, -0.1) is 11.3 Å². The molecule has 0 bridgehead atoms. The number of amides is 1. The quantitative estimate of drug-likeness (QED) is 0.577. The highest BCUT2D eigenvalue weighted by molar-refractivity contribution is 7.20. The van der Waals surface area contributed by atoms with Crippen LogP contribution < -0.4 is 14.2 Å². The second-order valence-electron chi connectivity index (χ2n) is 7.88. The third kappa shape index (κ3) is 3.55. The van der Waals surface area contributed by atoms with Crippen molar-refractivity contribution in [2.45, 2.75) is 32.4 Å². The van der Waals surface area contributed by atoms with Crippen molar-refractivity contribution in [1.82, 2.24) is 14.9 Å². The second-order valence-corrected chi connectivity index (χ2v) is 8.88. The summed E-state index contributed by atoms with van der Waals surface area (Å²) in [7, 11) is 3.18. The van der Waals surface area contributed by atoms with E-state index in [2.05, 4.69) is 9.97 Å². The molecule has 168 valence electrons. The number of hydrogen-bond acceptors (Lipinski definition) is 8. The number of aromatic nitrogens is 2. The smallest absolute Gasteiger partial charge is 0.264 e. The van der Waals surface area contributed by atoms with Crippen LogP contribution in [-0.4, -0.2) is 54.8 Å². The standard InChI is InChI=1S/C23H25N3O5S/c1-13-19-21(29-3)24-18(12-28-2)25-22(19)32-20(13)23(27)26-8-4-5-15(26)14-6-7-16-17(11-14)31-10-9-30-16/h6-7,11,15H,4-5,8-10,12H2,1-3H3. The molecule has 4 heterocycles. The Balaban J connectivity index is 1.50. The van der Waals surface area contributed by atoms with Gasteiger partial charge in [-0.3, -0.25) is 4.79 Å². The molecule has 0 N–H and O–H groups in total. The first-order chi connectivity index (χ1) is 15.6. The first-order valence-electron chi connectivity index (χ1n) is 10.6. The van der Waals surface area contributed by atoms with Crippen molar-refractivity contribution in [3.8, 4) is 17.4 Å². The number of benzene rings is 1. The fourth-order valence-corrected chi connectivity index (χ4v) is 5.59. The predicted octanol–water partition coefficient (Wildman–Crippen LogP) is 3.90. The molecule has 0 aliphatic carbocycles. The number of fused-ring (bicyclic) bond motifs is 2. The summed E-state index contributed by atoms with van der Waals surface area (Å²) in [6.45, 7) is 4.03. The molecule has 2 aliphatic rings. The average Bonchev–Trinajstić information content (AvgIpc) is 3.43. The molecule has 2 aromatic heterocycles. The molecule has 0 saturated carbocycles. The Labute approximate surface area is 190 Å².